The van der Waals surface area contributed by atoms with E-state index in [1.807, 2.05) is 7.05 Å². The number of nitrogens with one attached hydrogen (secondary N) is 1. The Morgan fingerprint density at radius 3 is 2.92 bits per heavy atom. The van der Waals surface area contributed by atoms with Crippen molar-refractivity contribution in [2.45, 2.75) is 19.9 Å². The molecule has 1 rings (SSSR count). The van der Waals surface area contributed by atoms with E-state index in [0.29, 0.717) is 6.04 Å². The minimum Gasteiger partial charge on any atom is -0.314 e. The van der Waals surface area contributed by atoms with Crippen molar-refractivity contribution in [2.24, 2.45) is 0 Å². The molecule has 0 bridgehead atoms. The largest absolute Gasteiger partial charge is 0.314 e. The van der Waals surface area contributed by atoms with Crippen LogP contribution >= 0.6 is 22.9 Å². The maximum Gasteiger partial charge on any atom is 0.117 e. The van der Waals surface area contributed by atoms with Crippen LogP contribution in [0.25, 0.3) is 6.08 Å². The minimum atomic E-state index is 0.377. The predicted octanol–water partition coefficient (Wildman–Crippen LogP) is 2.81. The summed E-state index contributed by atoms with van der Waals surface area (Å²) in [6.45, 7) is 4.19. The molecule has 0 saturated carbocycles. The molecule has 0 spiro atoms. The Kier molecular flexibility index (Phi) is 3.90. The van der Waals surface area contributed by atoms with Crippen molar-refractivity contribution in [1.82, 2.24) is 10.3 Å². The molecule has 0 radical (unpaired) electrons. The average molecular weight is 217 g/mol. The Hall–Kier alpha value is -0.380. The van der Waals surface area contributed by atoms with Crippen LogP contribution in [0.15, 0.2) is 11.8 Å². The number of hydrogen-bond acceptors (Lipinski definition) is 3. The summed E-state index contributed by atoms with van der Waals surface area (Å²) < 4.78 is 0.733. The molecule has 0 aliphatic rings. The lowest BCUT2D eigenvalue weighted by Crippen LogP contribution is -2.21. The van der Waals surface area contributed by atoms with Crippen LogP contribution in [0.3, 0.4) is 0 Å². The van der Waals surface area contributed by atoms with Gasteiger partial charge in [0.1, 0.15) is 9.34 Å². The number of nitrogens with zero attached hydrogens (tertiary/aromatic N) is 1. The SMILES string of the molecule is CNC(C)/C(C)=C/c1ncc(Cl)s1. The van der Waals surface area contributed by atoms with Gasteiger partial charge in [0.25, 0.3) is 0 Å². The van der Waals surface area contributed by atoms with Gasteiger partial charge in [0.15, 0.2) is 0 Å². The fraction of sp³-hybridized carbons (Fsp3) is 0.444. The first-order valence-electron chi connectivity index (χ1n) is 4.10. The Morgan fingerprint density at radius 2 is 2.46 bits per heavy atom. The summed E-state index contributed by atoms with van der Waals surface area (Å²) in [5.41, 5.74) is 1.26. The molecule has 1 atom stereocenters. The van der Waals surface area contributed by atoms with Crippen LogP contribution in [0.4, 0.5) is 0 Å². The van der Waals surface area contributed by atoms with Gasteiger partial charge in [0.05, 0.1) is 6.20 Å². The van der Waals surface area contributed by atoms with Crippen LogP contribution in [0, 0.1) is 0 Å². The number of aromatic nitrogens is 1. The number of thiazole rings is 1. The summed E-state index contributed by atoms with van der Waals surface area (Å²) in [5.74, 6) is 0. The molecule has 0 saturated heterocycles. The van der Waals surface area contributed by atoms with Crippen LogP contribution in [0.1, 0.15) is 18.9 Å². The second-order valence-electron chi connectivity index (χ2n) is 2.90. The smallest absolute Gasteiger partial charge is 0.117 e. The molecular weight excluding hydrogens is 204 g/mol. The Balaban J connectivity index is 2.76. The van der Waals surface area contributed by atoms with Crippen LogP contribution in [0.5, 0.6) is 0 Å². The van der Waals surface area contributed by atoms with E-state index in [2.05, 4.69) is 30.2 Å². The Bertz CT molecular complexity index is 306. The second-order valence-corrected chi connectivity index (χ2v) is 4.59. The second kappa shape index (κ2) is 4.74. The molecule has 0 fully saturated rings. The lowest BCUT2D eigenvalue weighted by Gasteiger charge is -2.09. The lowest BCUT2D eigenvalue weighted by atomic mass is 10.1. The molecule has 0 amide bonds. The predicted molar refractivity (Wildman–Crippen MR) is 59.3 cm³/mol. The maximum atomic E-state index is 5.77. The first-order valence-corrected chi connectivity index (χ1v) is 5.29. The van der Waals surface area contributed by atoms with E-state index in [-0.39, 0.29) is 0 Å². The zero-order chi connectivity index (χ0) is 9.84. The van der Waals surface area contributed by atoms with Gasteiger partial charge in [-0.15, -0.1) is 11.3 Å². The summed E-state index contributed by atoms with van der Waals surface area (Å²) in [6, 6.07) is 0.377. The monoisotopic (exact) mass is 216 g/mol. The van der Waals surface area contributed by atoms with Crippen molar-refractivity contribution in [1.29, 1.82) is 0 Å². The van der Waals surface area contributed by atoms with Crippen molar-refractivity contribution in [3.8, 4) is 0 Å². The molecule has 1 aromatic heterocycles. The third kappa shape index (κ3) is 3.10. The van der Waals surface area contributed by atoms with Crippen LogP contribution in [0.2, 0.25) is 4.34 Å². The average Bonchev–Trinajstić information content (AvgIpc) is 2.49. The quantitative estimate of drug-likeness (QED) is 0.841. The van der Waals surface area contributed by atoms with Crippen LogP contribution in [-0.4, -0.2) is 18.1 Å². The van der Waals surface area contributed by atoms with Gasteiger partial charge >= 0.3 is 0 Å². The third-order valence-electron chi connectivity index (χ3n) is 1.96. The van der Waals surface area contributed by atoms with Gasteiger partial charge in [-0.1, -0.05) is 17.2 Å². The standard InChI is InChI=1S/C9H13ClN2S/c1-6(7(2)11-3)4-9-12-5-8(10)13-9/h4-5,7,11H,1-3H3/b6-4+. The normalized spacial score (nSPS) is 14.6. The number of rotatable bonds is 3. The highest BCUT2D eigenvalue weighted by molar-refractivity contribution is 7.16. The minimum absolute atomic E-state index is 0.377. The van der Waals surface area contributed by atoms with E-state index < -0.39 is 0 Å². The van der Waals surface area contributed by atoms with Gasteiger partial charge in [-0.25, -0.2) is 4.98 Å². The first-order chi connectivity index (χ1) is 6.13. The molecule has 1 aromatic rings. The molecule has 1 N–H and O–H groups in total. The summed E-state index contributed by atoms with van der Waals surface area (Å²) in [6.07, 6.45) is 3.73. The van der Waals surface area contributed by atoms with E-state index in [0.717, 1.165) is 9.34 Å². The van der Waals surface area contributed by atoms with Gasteiger partial charge in [-0.05, 0) is 27.0 Å². The molecule has 13 heavy (non-hydrogen) atoms. The first kappa shape index (κ1) is 10.7. The summed E-state index contributed by atoms with van der Waals surface area (Å²) in [7, 11) is 1.94. The highest BCUT2D eigenvalue weighted by atomic mass is 35.5. The van der Waals surface area contributed by atoms with Gasteiger partial charge in [0.2, 0.25) is 0 Å². The molecule has 1 heterocycles. The maximum absolute atomic E-state index is 5.77. The Morgan fingerprint density at radius 1 is 1.77 bits per heavy atom. The van der Waals surface area contributed by atoms with E-state index in [1.54, 1.807) is 6.20 Å². The van der Waals surface area contributed by atoms with Gasteiger partial charge < -0.3 is 5.32 Å². The molecule has 0 aliphatic heterocycles. The van der Waals surface area contributed by atoms with Crippen LogP contribution < -0.4 is 5.32 Å². The number of halogens is 1. The summed E-state index contributed by atoms with van der Waals surface area (Å²) >= 11 is 7.26. The fourth-order valence-corrected chi connectivity index (χ4v) is 1.82. The highest BCUT2D eigenvalue weighted by Gasteiger charge is 2.02. The molecule has 72 valence electrons. The van der Waals surface area contributed by atoms with Crippen molar-refractivity contribution >= 4 is 29.0 Å². The third-order valence-corrected chi connectivity index (χ3v) is 3.02. The van der Waals surface area contributed by atoms with Crippen molar-refractivity contribution < 1.29 is 0 Å². The summed E-state index contributed by atoms with van der Waals surface area (Å²) in [5, 5.41) is 4.13. The molecule has 1 unspecified atom stereocenters. The van der Waals surface area contributed by atoms with E-state index in [1.165, 1.54) is 16.9 Å². The number of likely N-dealkylation sites (N-methyl/N-ethyl adjacent to an activating group) is 1. The van der Waals surface area contributed by atoms with Crippen LogP contribution in [-0.2, 0) is 0 Å². The van der Waals surface area contributed by atoms with E-state index in [9.17, 15) is 0 Å². The molecular formula is C9H13ClN2S. The molecule has 0 aliphatic carbocycles. The van der Waals surface area contributed by atoms with Crippen molar-refractivity contribution in [3.05, 3.63) is 21.1 Å². The van der Waals surface area contributed by atoms with Gasteiger partial charge in [0, 0.05) is 6.04 Å². The van der Waals surface area contributed by atoms with Gasteiger partial charge in [-0.3, -0.25) is 0 Å². The van der Waals surface area contributed by atoms with E-state index >= 15 is 0 Å². The molecule has 0 aromatic carbocycles. The highest BCUT2D eigenvalue weighted by Crippen LogP contribution is 2.20. The van der Waals surface area contributed by atoms with Gasteiger partial charge in [-0.2, -0.15) is 0 Å². The Labute approximate surface area is 87.6 Å². The molecule has 2 nitrogen and oxygen atoms in total. The fourth-order valence-electron chi connectivity index (χ4n) is 0.881. The van der Waals surface area contributed by atoms with Crippen molar-refractivity contribution in [3.63, 3.8) is 0 Å². The zero-order valence-electron chi connectivity index (χ0n) is 7.97. The number of hydrogen-bond donors (Lipinski definition) is 1. The topological polar surface area (TPSA) is 24.9 Å². The molecule has 4 heteroatoms. The van der Waals surface area contributed by atoms with E-state index in [4.69, 9.17) is 11.6 Å². The van der Waals surface area contributed by atoms with Crippen molar-refractivity contribution in [2.75, 3.05) is 7.05 Å². The zero-order valence-corrected chi connectivity index (χ0v) is 9.54. The lowest BCUT2D eigenvalue weighted by molar-refractivity contribution is 0.696. The summed E-state index contributed by atoms with van der Waals surface area (Å²) in [4.78, 5) is 4.15.